The Bertz CT molecular complexity index is 646. The number of nitrogens with two attached hydrogens (primary N) is 1. The van der Waals surface area contributed by atoms with Crippen LogP contribution < -0.4 is 15.2 Å². The van der Waals surface area contributed by atoms with E-state index in [4.69, 9.17) is 15.2 Å². The van der Waals surface area contributed by atoms with Crippen LogP contribution in [0.4, 0.5) is 0 Å². The highest BCUT2D eigenvalue weighted by Crippen LogP contribution is 2.39. The molecule has 3 N–H and O–H groups in total. The molecule has 0 unspecified atom stereocenters. The lowest BCUT2D eigenvalue weighted by Gasteiger charge is -2.20. The molecule has 1 saturated carbocycles. The molecule has 1 fully saturated rings. The molecule has 130 valence electrons. The number of aliphatic hydroxyl groups excluding tert-OH is 1. The molecule has 0 aliphatic heterocycles. The fraction of sp³-hybridized carbons (Fsp3) is 0.368. The number of aliphatic hydroxyl groups is 1. The Kier molecular flexibility index (Phi) is 6.49. The van der Waals surface area contributed by atoms with E-state index in [1.54, 1.807) is 7.11 Å². The van der Waals surface area contributed by atoms with Crippen LogP contribution in [0.2, 0.25) is 0 Å². The maximum atomic E-state index is 10.2. The Balaban J connectivity index is 0.00000208. The zero-order valence-corrected chi connectivity index (χ0v) is 14.5. The van der Waals surface area contributed by atoms with Crippen molar-refractivity contribution in [1.29, 1.82) is 0 Å². The molecule has 0 bridgehead atoms. The summed E-state index contributed by atoms with van der Waals surface area (Å²) in [5.41, 5.74) is 8.15. The second kappa shape index (κ2) is 8.38. The molecule has 0 saturated heterocycles. The van der Waals surface area contributed by atoms with Crippen molar-refractivity contribution in [3.63, 3.8) is 0 Å². The minimum Gasteiger partial charge on any atom is -0.493 e. The monoisotopic (exact) mass is 349 g/mol. The molecule has 0 amide bonds. The third kappa shape index (κ3) is 4.41. The third-order valence-corrected chi connectivity index (χ3v) is 4.28. The summed E-state index contributed by atoms with van der Waals surface area (Å²) in [5, 5.41) is 10.2. The van der Waals surface area contributed by atoms with E-state index in [1.165, 1.54) is 0 Å². The number of rotatable bonds is 7. The first-order valence-corrected chi connectivity index (χ1v) is 7.97. The maximum absolute atomic E-state index is 10.2. The summed E-state index contributed by atoms with van der Waals surface area (Å²) in [6.07, 6.45) is 1.62. The van der Waals surface area contributed by atoms with E-state index in [0.29, 0.717) is 24.0 Å². The molecule has 3 rings (SSSR count). The van der Waals surface area contributed by atoms with Gasteiger partial charge < -0.3 is 20.3 Å². The number of halogens is 1. The second-order valence-corrected chi connectivity index (χ2v) is 6.04. The zero-order valence-electron chi connectivity index (χ0n) is 13.7. The van der Waals surface area contributed by atoms with Crippen LogP contribution >= 0.6 is 12.4 Å². The Morgan fingerprint density at radius 1 is 1.12 bits per heavy atom. The number of hydrogen-bond acceptors (Lipinski definition) is 4. The van der Waals surface area contributed by atoms with Crippen LogP contribution in [0.5, 0.6) is 11.5 Å². The maximum Gasteiger partial charge on any atom is 0.161 e. The van der Waals surface area contributed by atoms with Crippen molar-refractivity contribution in [3.8, 4) is 11.5 Å². The first-order valence-electron chi connectivity index (χ1n) is 7.97. The second-order valence-electron chi connectivity index (χ2n) is 6.04. The van der Waals surface area contributed by atoms with Crippen LogP contribution in [0.15, 0.2) is 48.5 Å². The Morgan fingerprint density at radius 3 is 2.46 bits per heavy atom. The predicted octanol–water partition coefficient (Wildman–Crippen LogP) is 3.47. The van der Waals surface area contributed by atoms with Gasteiger partial charge >= 0.3 is 0 Å². The zero-order chi connectivity index (χ0) is 16.2. The summed E-state index contributed by atoms with van der Waals surface area (Å²) in [6, 6.07) is 15.2. The molecule has 24 heavy (non-hydrogen) atoms. The molecule has 4 nitrogen and oxygen atoms in total. The molecule has 0 radical (unpaired) electrons. The van der Waals surface area contributed by atoms with Gasteiger partial charge in [0, 0.05) is 0 Å². The summed E-state index contributed by atoms with van der Waals surface area (Å²) >= 11 is 0. The van der Waals surface area contributed by atoms with Crippen molar-refractivity contribution in [1.82, 2.24) is 0 Å². The summed E-state index contributed by atoms with van der Waals surface area (Å²) in [5.74, 6) is 1.64. The summed E-state index contributed by atoms with van der Waals surface area (Å²) in [4.78, 5) is 0. The van der Waals surface area contributed by atoms with Crippen LogP contribution in [0.25, 0.3) is 0 Å². The fourth-order valence-corrected chi connectivity index (χ4v) is 2.68. The average Bonchev–Trinajstić information content (AvgIpc) is 3.44. The molecule has 0 spiro atoms. The summed E-state index contributed by atoms with van der Waals surface area (Å²) in [6.45, 7) is 0.459. The SMILES string of the molecule is COc1ccc([C@H](N)[C@H](O)C2CC2)cc1OCc1ccccc1.Cl. The summed E-state index contributed by atoms with van der Waals surface area (Å²) < 4.78 is 11.3. The largest absolute Gasteiger partial charge is 0.493 e. The smallest absolute Gasteiger partial charge is 0.161 e. The van der Waals surface area contributed by atoms with E-state index in [2.05, 4.69) is 0 Å². The van der Waals surface area contributed by atoms with Gasteiger partial charge in [-0.25, -0.2) is 0 Å². The van der Waals surface area contributed by atoms with Crippen molar-refractivity contribution in [2.24, 2.45) is 11.7 Å². The molecular weight excluding hydrogens is 326 g/mol. The van der Waals surface area contributed by atoms with Gasteiger partial charge in [0.25, 0.3) is 0 Å². The Morgan fingerprint density at radius 2 is 1.83 bits per heavy atom. The van der Waals surface area contributed by atoms with Crippen molar-refractivity contribution in [3.05, 3.63) is 59.7 Å². The van der Waals surface area contributed by atoms with Crippen molar-refractivity contribution >= 4 is 12.4 Å². The molecule has 5 heteroatoms. The lowest BCUT2D eigenvalue weighted by molar-refractivity contribution is 0.122. The van der Waals surface area contributed by atoms with Crippen LogP contribution in [-0.4, -0.2) is 18.3 Å². The molecular formula is C19H24ClNO3. The molecule has 0 aromatic heterocycles. The molecule has 0 heterocycles. The van der Waals surface area contributed by atoms with Crippen molar-refractivity contribution < 1.29 is 14.6 Å². The van der Waals surface area contributed by atoms with E-state index in [0.717, 1.165) is 24.0 Å². The van der Waals surface area contributed by atoms with Crippen LogP contribution in [0.1, 0.15) is 30.0 Å². The summed E-state index contributed by atoms with van der Waals surface area (Å²) in [7, 11) is 1.61. The van der Waals surface area contributed by atoms with Gasteiger partial charge in [-0.2, -0.15) is 0 Å². The van der Waals surface area contributed by atoms with Gasteiger partial charge in [-0.15, -0.1) is 12.4 Å². The van der Waals surface area contributed by atoms with E-state index < -0.39 is 12.1 Å². The van der Waals surface area contributed by atoms with Crippen LogP contribution in [-0.2, 0) is 6.61 Å². The number of benzene rings is 2. The average molecular weight is 350 g/mol. The standard InChI is InChI=1S/C19H23NO3.ClH/c1-22-16-10-9-15(18(20)19(21)14-7-8-14)11-17(16)23-12-13-5-3-2-4-6-13;/h2-6,9-11,14,18-19,21H,7-8,12,20H2,1H3;1H/t18-,19+;/m0./s1. The van der Waals surface area contributed by atoms with E-state index in [1.807, 2.05) is 48.5 Å². The molecule has 1 aliphatic rings. The topological polar surface area (TPSA) is 64.7 Å². The van der Waals surface area contributed by atoms with Crippen LogP contribution in [0.3, 0.4) is 0 Å². The van der Waals surface area contributed by atoms with E-state index in [9.17, 15) is 5.11 Å². The van der Waals surface area contributed by atoms with Gasteiger partial charge in [0.15, 0.2) is 11.5 Å². The van der Waals surface area contributed by atoms with Gasteiger partial charge in [-0.1, -0.05) is 36.4 Å². The first-order chi connectivity index (χ1) is 11.2. The number of ether oxygens (including phenoxy) is 2. The van der Waals surface area contributed by atoms with Crippen molar-refractivity contribution in [2.45, 2.75) is 31.6 Å². The van der Waals surface area contributed by atoms with Gasteiger partial charge in [-0.05, 0) is 42.0 Å². The van der Waals surface area contributed by atoms with Gasteiger partial charge in [0.1, 0.15) is 6.61 Å². The number of methoxy groups -OCH3 is 1. The predicted molar refractivity (Wildman–Crippen MR) is 96.7 cm³/mol. The Hall–Kier alpha value is -1.75. The van der Waals surface area contributed by atoms with E-state index >= 15 is 0 Å². The lowest BCUT2D eigenvalue weighted by Crippen LogP contribution is -2.27. The quantitative estimate of drug-likeness (QED) is 0.803. The highest BCUT2D eigenvalue weighted by molar-refractivity contribution is 5.85. The highest BCUT2D eigenvalue weighted by atomic mass is 35.5. The number of hydrogen-bond donors (Lipinski definition) is 2. The minimum atomic E-state index is -0.495. The third-order valence-electron chi connectivity index (χ3n) is 4.28. The van der Waals surface area contributed by atoms with Gasteiger partial charge in [0.05, 0.1) is 19.3 Å². The fourth-order valence-electron chi connectivity index (χ4n) is 2.68. The molecule has 2 aromatic carbocycles. The minimum absolute atomic E-state index is 0. The van der Waals surface area contributed by atoms with Crippen LogP contribution in [0, 0.1) is 5.92 Å². The van der Waals surface area contributed by atoms with E-state index in [-0.39, 0.29) is 12.4 Å². The highest BCUT2D eigenvalue weighted by Gasteiger charge is 2.34. The Labute approximate surface area is 149 Å². The molecule has 1 aliphatic carbocycles. The molecule has 2 atom stereocenters. The lowest BCUT2D eigenvalue weighted by atomic mass is 9.99. The van der Waals surface area contributed by atoms with Gasteiger partial charge in [0.2, 0.25) is 0 Å². The van der Waals surface area contributed by atoms with Crippen molar-refractivity contribution in [2.75, 3.05) is 7.11 Å². The molecule has 2 aromatic rings. The normalized spacial score (nSPS) is 16.0. The van der Waals surface area contributed by atoms with Gasteiger partial charge in [-0.3, -0.25) is 0 Å². The first kappa shape index (κ1) is 18.6.